The van der Waals surface area contributed by atoms with Gasteiger partial charge in [-0.1, -0.05) is 6.07 Å². The average Bonchev–Trinajstić information content (AvgIpc) is 3.71. The van der Waals surface area contributed by atoms with Crippen LogP contribution in [0.1, 0.15) is 59.0 Å². The minimum Gasteiger partial charge on any atom is -0.370 e. The molecule has 6 rings (SSSR count). The van der Waals surface area contributed by atoms with Crippen molar-refractivity contribution in [1.29, 1.82) is 0 Å². The molecule has 0 saturated carbocycles. The molecule has 3 saturated heterocycles. The number of halogens is 2. The molecule has 3 aliphatic rings. The first-order chi connectivity index (χ1) is 20.8. The highest BCUT2D eigenvalue weighted by molar-refractivity contribution is 7.52. The molecule has 2 unspecified atom stereocenters. The Labute approximate surface area is 255 Å². The molecule has 3 aromatic rings. The molecule has 0 radical (unpaired) electrons. The summed E-state index contributed by atoms with van der Waals surface area (Å²) in [5.41, 5.74) is -4.36. The maximum Gasteiger partial charge on any atom is 0.399 e. The monoisotopic (exact) mass is 651 g/mol. The number of aromatic nitrogens is 2. The second-order valence-corrected chi connectivity index (χ2v) is 14.2. The van der Waals surface area contributed by atoms with Gasteiger partial charge in [0.1, 0.15) is 18.2 Å². The van der Waals surface area contributed by atoms with Crippen LogP contribution < -0.4 is 5.32 Å². The van der Waals surface area contributed by atoms with E-state index in [1.807, 2.05) is 13.2 Å². The summed E-state index contributed by atoms with van der Waals surface area (Å²) in [6.45, 7) is 1.12. The third-order valence-corrected chi connectivity index (χ3v) is 10.7. The van der Waals surface area contributed by atoms with E-state index in [9.17, 15) is 27.7 Å². The van der Waals surface area contributed by atoms with Crippen molar-refractivity contribution in [3.63, 3.8) is 0 Å². The molecule has 2 aromatic heterocycles. The molecule has 3 fully saturated rings. The van der Waals surface area contributed by atoms with Crippen molar-refractivity contribution in [3.05, 3.63) is 52.7 Å². The van der Waals surface area contributed by atoms with Gasteiger partial charge in [0.15, 0.2) is 0 Å². The fourth-order valence-electron chi connectivity index (χ4n) is 6.35. The number of nitrogens with zero attached hydrogens (tertiary/aromatic N) is 4. The number of rotatable bonds is 6. The number of aryl methyl sites for hydroxylation is 1. The Hall–Kier alpha value is -3.23. The second-order valence-electron chi connectivity index (χ2n) is 11.5. The average molecular weight is 652 g/mol. The highest BCUT2D eigenvalue weighted by atomic mass is 32.1. The zero-order chi connectivity index (χ0) is 31.4. The van der Waals surface area contributed by atoms with Crippen molar-refractivity contribution in [2.45, 2.75) is 62.0 Å². The molecule has 44 heavy (non-hydrogen) atoms. The van der Waals surface area contributed by atoms with Crippen molar-refractivity contribution in [2.24, 2.45) is 7.05 Å². The van der Waals surface area contributed by atoms with Crippen LogP contribution >= 0.6 is 18.9 Å². The fourth-order valence-corrected chi connectivity index (χ4v) is 7.77. The summed E-state index contributed by atoms with van der Waals surface area (Å²) in [6, 6.07) is 2.90. The van der Waals surface area contributed by atoms with E-state index in [2.05, 4.69) is 10.4 Å². The zero-order valence-corrected chi connectivity index (χ0v) is 25.5. The smallest absolute Gasteiger partial charge is 0.370 e. The predicted octanol–water partition coefficient (Wildman–Crippen LogP) is 3.10. The molecule has 0 spiro atoms. The van der Waals surface area contributed by atoms with Gasteiger partial charge in [-0.25, -0.2) is 0 Å². The molecule has 12 nitrogen and oxygen atoms in total. The van der Waals surface area contributed by atoms with Crippen LogP contribution in [0.3, 0.4) is 0 Å². The van der Waals surface area contributed by atoms with E-state index in [0.717, 1.165) is 29.0 Å². The summed E-state index contributed by atoms with van der Waals surface area (Å²) in [6.07, 6.45) is 6.25. The number of ether oxygens (including phenoxy) is 1. The molecule has 3 amide bonds. The van der Waals surface area contributed by atoms with Gasteiger partial charge >= 0.3 is 13.3 Å². The number of nitrogens with one attached hydrogen (secondary N) is 1. The van der Waals surface area contributed by atoms with Crippen LogP contribution in [0.4, 0.5) is 8.78 Å². The molecule has 5 heterocycles. The Morgan fingerprint density at radius 3 is 2.70 bits per heavy atom. The van der Waals surface area contributed by atoms with Gasteiger partial charge < -0.3 is 29.6 Å². The third-order valence-electron chi connectivity index (χ3n) is 8.60. The first-order valence-electron chi connectivity index (χ1n) is 14.3. The van der Waals surface area contributed by atoms with Crippen LogP contribution in [0.5, 0.6) is 0 Å². The molecule has 3 aliphatic heterocycles. The number of morpholine rings is 1. The van der Waals surface area contributed by atoms with E-state index < -0.39 is 36.8 Å². The van der Waals surface area contributed by atoms with Gasteiger partial charge in [0.05, 0.1) is 24.2 Å². The van der Waals surface area contributed by atoms with Gasteiger partial charge in [0.2, 0.25) is 11.8 Å². The topological polar surface area (TPSA) is 154 Å². The van der Waals surface area contributed by atoms with Crippen molar-refractivity contribution >= 4 is 46.7 Å². The Morgan fingerprint density at radius 2 is 1.98 bits per heavy atom. The number of hydrogen-bond acceptors (Lipinski definition) is 7. The lowest BCUT2D eigenvalue weighted by atomic mass is 10.1. The van der Waals surface area contributed by atoms with E-state index in [1.54, 1.807) is 20.7 Å². The summed E-state index contributed by atoms with van der Waals surface area (Å²) in [4.78, 5) is 62.6. The van der Waals surface area contributed by atoms with Crippen LogP contribution in [0.25, 0.3) is 10.1 Å². The van der Waals surface area contributed by atoms with E-state index in [1.165, 1.54) is 12.1 Å². The van der Waals surface area contributed by atoms with Gasteiger partial charge in [-0.05, 0) is 55.7 Å². The minimum absolute atomic E-state index is 0.105. The summed E-state index contributed by atoms with van der Waals surface area (Å²) >= 11 is 1.02. The van der Waals surface area contributed by atoms with Gasteiger partial charge in [0.25, 0.3) is 5.91 Å². The number of thiophene rings is 1. The number of alkyl halides is 2. The number of fused-ring (bicyclic) bond motifs is 2. The molecular weight excluding hydrogens is 619 g/mol. The maximum atomic E-state index is 14.2. The van der Waals surface area contributed by atoms with Crippen molar-refractivity contribution in [3.8, 4) is 0 Å². The van der Waals surface area contributed by atoms with Crippen LogP contribution in [0, 0.1) is 0 Å². The maximum absolute atomic E-state index is 14.2. The molecule has 0 bridgehead atoms. The molecular formula is C28H32F2N5O7PS. The first kappa shape index (κ1) is 30.8. The van der Waals surface area contributed by atoms with Crippen LogP contribution in [-0.2, 0) is 31.6 Å². The third kappa shape index (κ3) is 5.67. The number of benzene rings is 1. The molecule has 236 valence electrons. The highest BCUT2D eigenvalue weighted by Gasteiger charge is 2.50. The van der Waals surface area contributed by atoms with Gasteiger partial charge in [0, 0.05) is 41.7 Å². The van der Waals surface area contributed by atoms with E-state index in [0.29, 0.717) is 56.5 Å². The number of carbonyl (C=O) groups excluding carboxylic acids is 3. The van der Waals surface area contributed by atoms with Crippen LogP contribution in [-0.4, -0.2) is 84.9 Å². The molecule has 3 N–H and O–H groups in total. The molecule has 0 aliphatic carbocycles. The Bertz CT molecular complexity index is 1660. The zero-order valence-electron chi connectivity index (χ0n) is 23.8. The molecule has 16 heteroatoms. The van der Waals surface area contributed by atoms with Gasteiger partial charge in [-0.15, -0.1) is 11.3 Å². The van der Waals surface area contributed by atoms with Gasteiger partial charge in [-0.3, -0.25) is 23.6 Å². The molecule has 4 atom stereocenters. The van der Waals surface area contributed by atoms with Gasteiger partial charge in [-0.2, -0.15) is 13.9 Å². The fraction of sp³-hybridized carbons (Fsp3) is 0.500. The van der Waals surface area contributed by atoms with Crippen molar-refractivity contribution in [2.75, 3.05) is 19.7 Å². The highest BCUT2D eigenvalue weighted by Crippen LogP contribution is 2.59. The SMILES string of the molecule is Cn1cc(C2CN(C(=O)[C@@H]3CC[C@@H]4CCCC(NC(=O)c5cc6cc(C(F)(F)P(=O)(O)O)ccc6s5)C(=O)N43)CCO2)cn1. The van der Waals surface area contributed by atoms with Crippen molar-refractivity contribution in [1.82, 2.24) is 24.9 Å². The van der Waals surface area contributed by atoms with E-state index in [-0.39, 0.29) is 34.2 Å². The van der Waals surface area contributed by atoms with E-state index >= 15 is 0 Å². The first-order valence-corrected chi connectivity index (χ1v) is 16.8. The lowest BCUT2D eigenvalue weighted by molar-refractivity contribution is -0.150. The normalized spacial score (nSPS) is 24.8. The number of amides is 3. The lowest BCUT2D eigenvalue weighted by Crippen LogP contribution is -2.56. The number of hydrogen-bond donors (Lipinski definition) is 3. The number of carbonyl (C=O) groups is 3. The standard InChI is InChI=1S/C28H32F2N5O7PS/c1-33-14-17(13-31-33)22-15-34(9-10-42-22)27(38)21-7-6-19-3-2-4-20(26(37)35(19)21)32-25(36)24-12-16-11-18(5-8-23(16)44-24)28(29,30)43(39,40)41/h5,8,11-14,19-22H,2-4,6-7,9-10,15H2,1H3,(H,32,36)(H2,39,40,41)/t19-,20?,21-,22?/m0/s1. The Kier molecular flexibility index (Phi) is 8.12. The van der Waals surface area contributed by atoms with Crippen LogP contribution in [0.2, 0.25) is 0 Å². The summed E-state index contributed by atoms with van der Waals surface area (Å²) in [5, 5.41) is 7.20. The predicted molar refractivity (Wildman–Crippen MR) is 155 cm³/mol. The summed E-state index contributed by atoms with van der Waals surface area (Å²) in [5.74, 6) is -1.03. The van der Waals surface area contributed by atoms with Crippen molar-refractivity contribution < 1.29 is 42.3 Å². The van der Waals surface area contributed by atoms with Crippen LogP contribution in [0.15, 0.2) is 36.7 Å². The summed E-state index contributed by atoms with van der Waals surface area (Å²) in [7, 11) is -3.94. The van der Waals surface area contributed by atoms with E-state index in [4.69, 9.17) is 14.5 Å². The second kappa shape index (κ2) is 11.6. The lowest BCUT2D eigenvalue weighted by Gasteiger charge is -2.37. The molecule has 1 aromatic carbocycles. The largest absolute Gasteiger partial charge is 0.399 e. The Morgan fingerprint density at radius 1 is 1.18 bits per heavy atom. The minimum atomic E-state index is -5.75. The Balaban J connectivity index is 1.16. The quantitative estimate of drug-likeness (QED) is 0.344. The summed E-state index contributed by atoms with van der Waals surface area (Å²) < 4.78 is 47.8.